The average molecular weight is 364 g/mol. The van der Waals surface area contributed by atoms with E-state index in [4.69, 9.17) is 0 Å². The van der Waals surface area contributed by atoms with E-state index >= 15 is 0 Å². The largest absolute Gasteiger partial charge is 0.309 e. The Labute approximate surface area is 161 Å². The number of fused-ring (bicyclic) bond motifs is 1. The van der Waals surface area contributed by atoms with Crippen LogP contribution in [0.1, 0.15) is 63.0 Å². The van der Waals surface area contributed by atoms with Crippen LogP contribution in [-0.4, -0.2) is 9.97 Å². The van der Waals surface area contributed by atoms with Gasteiger partial charge >= 0.3 is 0 Å². The minimum Gasteiger partial charge on any atom is -0.309 e. The van der Waals surface area contributed by atoms with Gasteiger partial charge in [-0.1, -0.05) is 64.1 Å². The van der Waals surface area contributed by atoms with Crippen LogP contribution >= 0.6 is 0 Å². The Morgan fingerprint density at radius 2 is 1.67 bits per heavy atom. The van der Waals surface area contributed by atoms with E-state index in [0.29, 0.717) is 29.6 Å². The van der Waals surface area contributed by atoms with E-state index in [1.807, 2.05) is 18.2 Å². The van der Waals surface area contributed by atoms with Gasteiger partial charge in [0.2, 0.25) is 0 Å². The number of nitrogens with zero attached hydrogens (tertiary/aromatic N) is 1. The lowest BCUT2D eigenvalue weighted by molar-refractivity contribution is 0.406. The first-order valence-corrected chi connectivity index (χ1v) is 9.80. The Morgan fingerprint density at radius 1 is 1.00 bits per heavy atom. The molecule has 4 heteroatoms. The van der Waals surface area contributed by atoms with E-state index in [-0.39, 0.29) is 11.6 Å². The Hall–Kier alpha value is -2.46. The van der Waals surface area contributed by atoms with Crippen molar-refractivity contribution in [3.63, 3.8) is 0 Å². The zero-order chi connectivity index (χ0) is 19.4. The van der Waals surface area contributed by atoms with Gasteiger partial charge in [0.1, 0.15) is 5.82 Å². The Kier molecular flexibility index (Phi) is 6.07. The molecule has 0 amide bonds. The molecule has 2 aromatic carbocycles. The van der Waals surface area contributed by atoms with E-state index < -0.39 is 0 Å². The molecule has 0 aliphatic heterocycles. The highest BCUT2D eigenvalue weighted by Gasteiger charge is 2.16. The van der Waals surface area contributed by atoms with Crippen molar-refractivity contribution in [1.82, 2.24) is 15.3 Å². The zero-order valence-electron chi connectivity index (χ0n) is 16.6. The van der Waals surface area contributed by atoms with Gasteiger partial charge in [-0.15, -0.1) is 0 Å². The lowest BCUT2D eigenvalue weighted by Gasteiger charge is -2.23. The number of benzene rings is 2. The summed E-state index contributed by atoms with van der Waals surface area (Å²) in [5.74, 6) is 1.67. The predicted molar refractivity (Wildman–Crippen MR) is 112 cm³/mol. The molecule has 1 aromatic heterocycles. The highest BCUT2D eigenvalue weighted by Crippen LogP contribution is 2.25. The SMILES string of the molecule is CC[C@@H](C)c1ccc([C@@H](NCc2nc3ccccc3c(=O)[nH]2)C(C)C)cc1. The molecular formula is C23H29N3O. The van der Waals surface area contributed by atoms with Crippen molar-refractivity contribution in [3.05, 3.63) is 75.8 Å². The molecule has 1 heterocycles. The lowest BCUT2D eigenvalue weighted by atomic mass is 9.92. The number of H-pyrrole nitrogens is 1. The molecule has 0 fully saturated rings. The molecule has 0 bridgehead atoms. The molecule has 0 saturated carbocycles. The van der Waals surface area contributed by atoms with E-state index in [1.54, 1.807) is 6.07 Å². The molecule has 0 saturated heterocycles. The first-order valence-electron chi connectivity index (χ1n) is 9.80. The summed E-state index contributed by atoms with van der Waals surface area (Å²) in [4.78, 5) is 19.7. The quantitative estimate of drug-likeness (QED) is 0.626. The molecule has 2 atom stereocenters. The molecular weight excluding hydrogens is 334 g/mol. The maximum Gasteiger partial charge on any atom is 0.258 e. The maximum atomic E-state index is 12.3. The summed E-state index contributed by atoms with van der Waals surface area (Å²) in [7, 11) is 0. The van der Waals surface area contributed by atoms with Crippen LogP contribution in [0.3, 0.4) is 0 Å². The van der Waals surface area contributed by atoms with Crippen molar-refractivity contribution in [2.24, 2.45) is 5.92 Å². The second-order valence-electron chi connectivity index (χ2n) is 7.61. The van der Waals surface area contributed by atoms with Crippen LogP contribution in [0, 0.1) is 5.92 Å². The number of hydrogen-bond acceptors (Lipinski definition) is 3. The van der Waals surface area contributed by atoms with Gasteiger partial charge in [-0.25, -0.2) is 4.98 Å². The third-order valence-corrected chi connectivity index (χ3v) is 5.29. The van der Waals surface area contributed by atoms with Crippen LogP contribution in [-0.2, 0) is 6.54 Å². The molecule has 0 aliphatic rings. The molecule has 0 aliphatic carbocycles. The van der Waals surface area contributed by atoms with Crippen molar-refractivity contribution < 1.29 is 0 Å². The molecule has 27 heavy (non-hydrogen) atoms. The Bertz CT molecular complexity index is 944. The summed E-state index contributed by atoms with van der Waals surface area (Å²) in [6.45, 7) is 9.41. The summed E-state index contributed by atoms with van der Waals surface area (Å²) < 4.78 is 0. The van der Waals surface area contributed by atoms with E-state index in [0.717, 1.165) is 11.9 Å². The molecule has 3 rings (SSSR count). The third-order valence-electron chi connectivity index (χ3n) is 5.29. The summed E-state index contributed by atoms with van der Waals surface area (Å²) >= 11 is 0. The number of hydrogen-bond donors (Lipinski definition) is 2. The molecule has 4 nitrogen and oxygen atoms in total. The second kappa shape index (κ2) is 8.49. The van der Waals surface area contributed by atoms with Crippen LogP contribution in [0.5, 0.6) is 0 Å². The van der Waals surface area contributed by atoms with Gasteiger partial charge in [-0.05, 0) is 41.5 Å². The van der Waals surface area contributed by atoms with Crippen molar-refractivity contribution in [3.8, 4) is 0 Å². The minimum absolute atomic E-state index is 0.0867. The maximum absolute atomic E-state index is 12.3. The van der Waals surface area contributed by atoms with E-state index in [1.165, 1.54) is 11.1 Å². The summed E-state index contributed by atoms with van der Waals surface area (Å²) in [6, 6.07) is 16.5. The molecule has 142 valence electrons. The fraction of sp³-hybridized carbons (Fsp3) is 0.391. The molecule has 0 unspecified atom stereocenters. The number of nitrogens with one attached hydrogen (secondary N) is 2. The van der Waals surface area contributed by atoms with E-state index in [2.05, 4.69) is 67.2 Å². The van der Waals surface area contributed by atoms with Gasteiger partial charge < -0.3 is 10.3 Å². The second-order valence-corrected chi connectivity index (χ2v) is 7.61. The first kappa shape index (κ1) is 19.3. The zero-order valence-corrected chi connectivity index (χ0v) is 16.6. The summed E-state index contributed by atoms with van der Waals surface area (Å²) in [5.41, 5.74) is 3.29. The van der Waals surface area contributed by atoms with Gasteiger partial charge in [-0.3, -0.25) is 4.79 Å². The van der Waals surface area contributed by atoms with Crippen molar-refractivity contribution in [1.29, 1.82) is 0 Å². The number of aromatic nitrogens is 2. The van der Waals surface area contributed by atoms with Crippen LogP contribution < -0.4 is 10.9 Å². The van der Waals surface area contributed by atoms with Crippen LogP contribution in [0.4, 0.5) is 0 Å². The normalized spacial score (nSPS) is 13.8. The summed E-state index contributed by atoms with van der Waals surface area (Å²) in [5, 5.41) is 4.20. The summed E-state index contributed by atoms with van der Waals surface area (Å²) in [6.07, 6.45) is 1.15. The molecule has 0 radical (unpaired) electrons. The van der Waals surface area contributed by atoms with Crippen LogP contribution in [0.15, 0.2) is 53.3 Å². The van der Waals surface area contributed by atoms with Gasteiger partial charge in [-0.2, -0.15) is 0 Å². The first-order chi connectivity index (χ1) is 13.0. The van der Waals surface area contributed by atoms with Gasteiger partial charge in [0.25, 0.3) is 5.56 Å². The van der Waals surface area contributed by atoms with Crippen molar-refractivity contribution >= 4 is 10.9 Å². The topological polar surface area (TPSA) is 57.8 Å². The Morgan fingerprint density at radius 3 is 2.33 bits per heavy atom. The average Bonchev–Trinajstić information content (AvgIpc) is 2.68. The fourth-order valence-corrected chi connectivity index (χ4v) is 3.43. The van der Waals surface area contributed by atoms with Gasteiger partial charge in [0, 0.05) is 6.04 Å². The van der Waals surface area contributed by atoms with E-state index in [9.17, 15) is 4.79 Å². The van der Waals surface area contributed by atoms with Crippen molar-refractivity contribution in [2.45, 2.75) is 52.6 Å². The number of para-hydroxylation sites is 1. The van der Waals surface area contributed by atoms with Crippen molar-refractivity contribution in [2.75, 3.05) is 0 Å². The van der Waals surface area contributed by atoms with Crippen LogP contribution in [0.2, 0.25) is 0 Å². The number of rotatable bonds is 7. The number of aromatic amines is 1. The highest BCUT2D eigenvalue weighted by atomic mass is 16.1. The predicted octanol–water partition coefficient (Wildman–Crippen LogP) is 4.92. The third kappa shape index (κ3) is 4.45. The van der Waals surface area contributed by atoms with Crippen LogP contribution in [0.25, 0.3) is 10.9 Å². The monoisotopic (exact) mass is 363 g/mol. The molecule has 0 spiro atoms. The van der Waals surface area contributed by atoms with Gasteiger partial charge in [0.05, 0.1) is 17.4 Å². The smallest absolute Gasteiger partial charge is 0.258 e. The molecule has 3 aromatic rings. The highest BCUT2D eigenvalue weighted by molar-refractivity contribution is 5.77. The van der Waals surface area contributed by atoms with Gasteiger partial charge in [0.15, 0.2) is 0 Å². The lowest BCUT2D eigenvalue weighted by Crippen LogP contribution is -2.27. The minimum atomic E-state index is -0.0867. The Balaban J connectivity index is 1.78. The fourth-order valence-electron chi connectivity index (χ4n) is 3.43. The molecule has 2 N–H and O–H groups in total. The standard InChI is InChI=1S/C23H29N3O/c1-5-16(4)17-10-12-18(13-11-17)22(15(2)3)24-14-21-25-20-9-7-6-8-19(20)23(27)26-21/h6-13,15-16,22,24H,5,14H2,1-4H3,(H,25,26,27)/t16-,22+/m1/s1.